The first-order chi connectivity index (χ1) is 8.71. The monoisotopic (exact) mass is 264 g/mol. The van der Waals surface area contributed by atoms with E-state index in [1.165, 1.54) is 22.2 Å². The average Bonchev–Trinajstić information content (AvgIpc) is 2.73. The van der Waals surface area contributed by atoms with Crippen molar-refractivity contribution in [1.82, 2.24) is 10.3 Å². The predicted molar refractivity (Wildman–Crippen MR) is 79.4 cm³/mol. The Morgan fingerprint density at radius 3 is 2.67 bits per heavy atom. The molecule has 1 aromatic heterocycles. The van der Waals surface area contributed by atoms with Gasteiger partial charge in [0.05, 0.1) is 0 Å². The fraction of sp³-hybridized carbons (Fsp3) is 0.467. The third-order valence-electron chi connectivity index (χ3n) is 3.44. The zero-order valence-electron chi connectivity index (χ0n) is 11.3. The molecular weight excluding hydrogens is 244 g/mol. The van der Waals surface area contributed by atoms with E-state index in [0.717, 1.165) is 24.4 Å². The molecule has 2 aromatic rings. The Morgan fingerprint density at radius 2 is 2.06 bits per heavy atom. The Hall–Kier alpha value is -0.990. The van der Waals surface area contributed by atoms with Crippen molar-refractivity contribution in [1.29, 1.82) is 0 Å². The van der Waals surface area contributed by atoms with Gasteiger partial charge in [-0.05, 0) is 43.1 Å². The summed E-state index contributed by atoms with van der Waals surface area (Å²) >= 11 is 6.13. The minimum atomic E-state index is 0.400. The van der Waals surface area contributed by atoms with Gasteiger partial charge < -0.3 is 10.3 Å². The Labute approximate surface area is 114 Å². The van der Waals surface area contributed by atoms with Gasteiger partial charge in [-0.25, -0.2) is 0 Å². The molecule has 0 saturated carbocycles. The van der Waals surface area contributed by atoms with Crippen LogP contribution < -0.4 is 5.32 Å². The number of aryl methyl sites for hydroxylation is 1. The Balaban J connectivity index is 2.60. The average molecular weight is 265 g/mol. The Kier molecular flexibility index (Phi) is 4.31. The first-order valence-corrected chi connectivity index (χ1v) is 7.12. The zero-order valence-corrected chi connectivity index (χ0v) is 12.1. The Bertz CT molecular complexity index is 531. The van der Waals surface area contributed by atoms with E-state index >= 15 is 0 Å². The van der Waals surface area contributed by atoms with E-state index in [1.54, 1.807) is 0 Å². The third kappa shape index (κ3) is 2.40. The van der Waals surface area contributed by atoms with Crippen molar-refractivity contribution in [2.75, 3.05) is 6.54 Å². The van der Waals surface area contributed by atoms with Gasteiger partial charge in [-0.3, -0.25) is 0 Å². The summed E-state index contributed by atoms with van der Waals surface area (Å²) in [5.41, 5.74) is 3.89. The molecule has 2 N–H and O–H groups in total. The number of halogens is 1. The molecule has 0 aliphatic rings. The molecular formula is C15H21ClN2. The molecule has 1 unspecified atom stereocenters. The SMILES string of the molecule is CCNC(CC)c1c(CC)[nH]c2ccc(Cl)cc12. The number of aromatic nitrogens is 1. The maximum Gasteiger partial charge on any atom is 0.0460 e. The van der Waals surface area contributed by atoms with Gasteiger partial charge in [0.15, 0.2) is 0 Å². The summed E-state index contributed by atoms with van der Waals surface area (Å²) in [5.74, 6) is 0. The predicted octanol–water partition coefficient (Wildman–Crippen LogP) is 4.44. The summed E-state index contributed by atoms with van der Waals surface area (Å²) in [6.45, 7) is 7.54. The second kappa shape index (κ2) is 5.77. The molecule has 0 aliphatic heterocycles. The van der Waals surface area contributed by atoms with Crippen LogP contribution in [0, 0.1) is 0 Å². The highest BCUT2D eigenvalue weighted by atomic mass is 35.5. The maximum absolute atomic E-state index is 6.13. The lowest BCUT2D eigenvalue weighted by molar-refractivity contribution is 0.536. The maximum atomic E-state index is 6.13. The van der Waals surface area contributed by atoms with Crippen molar-refractivity contribution in [3.05, 3.63) is 34.5 Å². The Morgan fingerprint density at radius 1 is 1.28 bits per heavy atom. The van der Waals surface area contributed by atoms with Gasteiger partial charge in [-0.15, -0.1) is 0 Å². The van der Waals surface area contributed by atoms with Crippen LogP contribution in [-0.2, 0) is 6.42 Å². The molecule has 0 fully saturated rings. The van der Waals surface area contributed by atoms with E-state index in [2.05, 4.69) is 43.2 Å². The molecule has 0 aliphatic carbocycles. The molecule has 1 aromatic carbocycles. The highest BCUT2D eigenvalue weighted by molar-refractivity contribution is 6.31. The van der Waals surface area contributed by atoms with E-state index in [0.29, 0.717) is 6.04 Å². The first kappa shape index (κ1) is 13.4. The number of aromatic amines is 1. The molecule has 1 atom stereocenters. The van der Waals surface area contributed by atoms with Crippen molar-refractivity contribution in [2.45, 2.75) is 39.7 Å². The molecule has 0 radical (unpaired) electrons. The van der Waals surface area contributed by atoms with Crippen LogP contribution in [0.25, 0.3) is 10.9 Å². The molecule has 18 heavy (non-hydrogen) atoms. The number of rotatable bonds is 5. The van der Waals surface area contributed by atoms with E-state index < -0.39 is 0 Å². The van der Waals surface area contributed by atoms with Crippen LogP contribution >= 0.6 is 11.6 Å². The van der Waals surface area contributed by atoms with Crippen LogP contribution in [0.15, 0.2) is 18.2 Å². The van der Waals surface area contributed by atoms with Gasteiger partial charge in [0.2, 0.25) is 0 Å². The number of H-pyrrole nitrogens is 1. The summed E-state index contributed by atoms with van der Waals surface area (Å²) in [7, 11) is 0. The lowest BCUT2D eigenvalue weighted by atomic mass is 9.99. The van der Waals surface area contributed by atoms with Crippen molar-refractivity contribution in [2.24, 2.45) is 0 Å². The largest absolute Gasteiger partial charge is 0.358 e. The quantitative estimate of drug-likeness (QED) is 0.821. The second-order valence-corrected chi connectivity index (χ2v) is 5.02. The van der Waals surface area contributed by atoms with Gasteiger partial charge in [-0.1, -0.05) is 32.4 Å². The number of hydrogen-bond acceptors (Lipinski definition) is 1. The highest BCUT2D eigenvalue weighted by Crippen LogP contribution is 2.32. The number of benzene rings is 1. The van der Waals surface area contributed by atoms with Gasteiger partial charge in [-0.2, -0.15) is 0 Å². The van der Waals surface area contributed by atoms with Gasteiger partial charge in [0.1, 0.15) is 0 Å². The molecule has 0 saturated heterocycles. The molecule has 0 amide bonds. The van der Waals surface area contributed by atoms with Crippen molar-refractivity contribution in [3.63, 3.8) is 0 Å². The van der Waals surface area contributed by atoms with Crippen molar-refractivity contribution in [3.8, 4) is 0 Å². The molecule has 1 heterocycles. The molecule has 3 heteroatoms. The van der Waals surface area contributed by atoms with Gasteiger partial charge in [0.25, 0.3) is 0 Å². The zero-order chi connectivity index (χ0) is 13.1. The number of fused-ring (bicyclic) bond motifs is 1. The molecule has 2 nitrogen and oxygen atoms in total. The summed E-state index contributed by atoms with van der Waals surface area (Å²) in [6.07, 6.45) is 2.10. The first-order valence-electron chi connectivity index (χ1n) is 6.74. The number of nitrogens with one attached hydrogen (secondary N) is 2. The summed E-state index contributed by atoms with van der Waals surface area (Å²) in [6, 6.07) is 6.48. The standard InChI is InChI=1S/C15H21ClN2/c1-4-12(17-6-3)15-11-9-10(16)7-8-14(11)18-13(15)5-2/h7-9,12,17-18H,4-6H2,1-3H3. The molecule has 0 spiro atoms. The van der Waals surface area contributed by atoms with Crippen LogP contribution in [0.3, 0.4) is 0 Å². The minimum Gasteiger partial charge on any atom is -0.358 e. The van der Waals surface area contributed by atoms with E-state index in [-0.39, 0.29) is 0 Å². The van der Waals surface area contributed by atoms with E-state index in [9.17, 15) is 0 Å². The summed E-state index contributed by atoms with van der Waals surface area (Å²) in [4.78, 5) is 3.52. The van der Waals surface area contributed by atoms with Crippen LogP contribution in [0.2, 0.25) is 5.02 Å². The van der Waals surface area contributed by atoms with E-state index in [4.69, 9.17) is 11.6 Å². The lowest BCUT2D eigenvalue weighted by Gasteiger charge is -2.17. The lowest BCUT2D eigenvalue weighted by Crippen LogP contribution is -2.20. The molecule has 0 bridgehead atoms. The van der Waals surface area contributed by atoms with Crippen LogP contribution in [0.4, 0.5) is 0 Å². The number of hydrogen-bond donors (Lipinski definition) is 2. The smallest absolute Gasteiger partial charge is 0.0460 e. The van der Waals surface area contributed by atoms with Crippen LogP contribution in [0.1, 0.15) is 44.5 Å². The van der Waals surface area contributed by atoms with E-state index in [1.807, 2.05) is 6.07 Å². The topological polar surface area (TPSA) is 27.8 Å². The third-order valence-corrected chi connectivity index (χ3v) is 3.68. The van der Waals surface area contributed by atoms with Gasteiger partial charge >= 0.3 is 0 Å². The fourth-order valence-corrected chi connectivity index (χ4v) is 2.79. The van der Waals surface area contributed by atoms with Crippen molar-refractivity contribution < 1.29 is 0 Å². The molecule has 2 rings (SSSR count). The minimum absolute atomic E-state index is 0.400. The summed E-state index contributed by atoms with van der Waals surface area (Å²) < 4.78 is 0. The highest BCUT2D eigenvalue weighted by Gasteiger charge is 2.17. The van der Waals surface area contributed by atoms with Crippen LogP contribution in [0.5, 0.6) is 0 Å². The second-order valence-electron chi connectivity index (χ2n) is 4.58. The normalized spacial score (nSPS) is 13.1. The van der Waals surface area contributed by atoms with Gasteiger partial charge in [0, 0.05) is 27.7 Å². The van der Waals surface area contributed by atoms with Crippen LogP contribution in [-0.4, -0.2) is 11.5 Å². The molecule has 98 valence electrons. The summed E-state index contributed by atoms with van der Waals surface area (Å²) in [5, 5.41) is 5.62. The van der Waals surface area contributed by atoms with Crippen molar-refractivity contribution >= 4 is 22.5 Å². The fourth-order valence-electron chi connectivity index (χ4n) is 2.61.